The van der Waals surface area contributed by atoms with Crippen molar-refractivity contribution in [3.63, 3.8) is 0 Å². The van der Waals surface area contributed by atoms with E-state index in [0.29, 0.717) is 37.8 Å². The third-order valence-corrected chi connectivity index (χ3v) is 8.50. The van der Waals surface area contributed by atoms with Gasteiger partial charge in [0.05, 0.1) is 16.9 Å². The largest absolute Gasteiger partial charge is 0.353 e. The van der Waals surface area contributed by atoms with Crippen LogP contribution in [0.4, 0.5) is 23.0 Å². The highest BCUT2D eigenvalue weighted by molar-refractivity contribution is 7.87. The van der Waals surface area contributed by atoms with Crippen LogP contribution in [0.2, 0.25) is 0 Å². The first-order chi connectivity index (χ1) is 17.1. The van der Waals surface area contributed by atoms with Crippen molar-refractivity contribution in [2.24, 2.45) is 0 Å². The second-order valence-corrected chi connectivity index (χ2v) is 11.0. The van der Waals surface area contributed by atoms with Crippen molar-refractivity contribution in [2.45, 2.75) is 18.3 Å². The zero-order chi connectivity index (χ0) is 25.4. The summed E-state index contributed by atoms with van der Waals surface area (Å²) in [5.41, 5.74) is 1.61. The number of aromatic nitrogens is 1. The summed E-state index contributed by atoms with van der Waals surface area (Å²) in [7, 11) is -3.00. The molecule has 1 amide bonds. The fourth-order valence-electron chi connectivity index (χ4n) is 5.55. The van der Waals surface area contributed by atoms with E-state index in [1.165, 1.54) is 0 Å². The lowest BCUT2D eigenvalue weighted by Gasteiger charge is -2.40. The topological polar surface area (TPSA) is 114 Å². The number of carbonyl (C=O) groups excluding carboxylic acids is 2. The van der Waals surface area contributed by atoms with Crippen LogP contribution in [-0.2, 0) is 14.9 Å². The van der Waals surface area contributed by atoms with Crippen molar-refractivity contribution in [3.05, 3.63) is 54.1 Å². The zero-order valence-electron chi connectivity index (χ0n) is 19.8. The van der Waals surface area contributed by atoms with Crippen molar-refractivity contribution >= 4 is 55.6 Å². The second kappa shape index (κ2) is 7.90. The van der Waals surface area contributed by atoms with Crippen molar-refractivity contribution < 1.29 is 22.6 Å². The molecule has 6 rings (SSSR count). The molecule has 0 spiro atoms. The average molecular weight is 508 g/mol. The van der Waals surface area contributed by atoms with Gasteiger partial charge in [0, 0.05) is 40.2 Å². The van der Waals surface area contributed by atoms with Crippen LogP contribution in [0.25, 0.3) is 10.8 Å². The number of fused-ring (bicyclic) bond motifs is 6. The van der Waals surface area contributed by atoms with E-state index >= 15 is 0 Å². The van der Waals surface area contributed by atoms with Gasteiger partial charge in [-0.05, 0) is 35.0 Å². The molecule has 2 aromatic carbocycles. The monoisotopic (exact) mass is 507 g/mol. The Morgan fingerprint density at radius 3 is 2.25 bits per heavy atom. The Balaban J connectivity index is 1.51. The molecule has 0 saturated carbocycles. The first kappa shape index (κ1) is 22.7. The minimum atomic E-state index is -4.72. The van der Waals surface area contributed by atoms with Gasteiger partial charge in [-0.25, -0.2) is 4.98 Å². The average Bonchev–Trinajstić information content (AvgIpc) is 3.13. The molecule has 2 unspecified atom stereocenters. The fraction of sp³-hybridized carbons (Fsp3) is 0.320. The summed E-state index contributed by atoms with van der Waals surface area (Å²) in [6.07, 6.45) is -0.982. The predicted octanol–water partition coefficient (Wildman–Crippen LogP) is 2.27. The lowest BCUT2D eigenvalue weighted by Crippen LogP contribution is -2.57. The molecule has 0 bridgehead atoms. The Morgan fingerprint density at radius 2 is 1.64 bits per heavy atom. The van der Waals surface area contributed by atoms with Gasteiger partial charge in [0.2, 0.25) is 5.91 Å². The van der Waals surface area contributed by atoms with Gasteiger partial charge in [-0.2, -0.15) is 8.42 Å². The number of rotatable bonds is 2. The van der Waals surface area contributed by atoms with Crippen LogP contribution >= 0.6 is 0 Å². The van der Waals surface area contributed by atoms with Crippen LogP contribution in [0, 0.1) is 0 Å². The number of hydrogen-bond acceptors (Lipinski definition) is 8. The maximum absolute atomic E-state index is 13.5. The number of Topliss-reactive ketones (excluding diaryl/α,β-unsaturated/α-hetero) is 1. The molecule has 3 aromatic rings. The molecule has 4 heterocycles. The number of benzene rings is 2. The first-order valence-electron chi connectivity index (χ1n) is 11.7. The molecule has 2 atom stereocenters. The molecule has 1 N–H and O–H groups in total. The van der Waals surface area contributed by atoms with Crippen molar-refractivity contribution in [1.82, 2.24) is 9.88 Å². The molecule has 36 heavy (non-hydrogen) atoms. The lowest BCUT2D eigenvalue weighted by atomic mass is 10.0. The summed E-state index contributed by atoms with van der Waals surface area (Å²) in [5.74, 6) is 0.350. The molecule has 11 heteroatoms. The van der Waals surface area contributed by atoms with Crippen LogP contribution in [0.5, 0.6) is 0 Å². The van der Waals surface area contributed by atoms with Crippen molar-refractivity contribution in [1.29, 1.82) is 0 Å². The maximum Gasteiger partial charge on any atom is 0.279 e. The van der Waals surface area contributed by atoms with E-state index in [1.807, 2.05) is 36.4 Å². The lowest BCUT2D eigenvalue weighted by molar-refractivity contribution is -0.129. The smallest absolute Gasteiger partial charge is 0.279 e. The Labute approximate surface area is 208 Å². The molecule has 3 aliphatic rings. The van der Waals surface area contributed by atoms with Crippen LogP contribution in [-0.4, -0.2) is 79.2 Å². The van der Waals surface area contributed by atoms with Gasteiger partial charge in [-0.3, -0.25) is 14.1 Å². The van der Waals surface area contributed by atoms with Crippen molar-refractivity contribution in [3.8, 4) is 0 Å². The number of amides is 1. The molecule has 1 aromatic heterocycles. The van der Waals surface area contributed by atoms with E-state index < -0.39 is 27.3 Å². The quantitative estimate of drug-likeness (QED) is 0.522. The van der Waals surface area contributed by atoms with Gasteiger partial charge in [0.1, 0.15) is 17.8 Å². The van der Waals surface area contributed by atoms with E-state index in [4.69, 9.17) is 4.98 Å². The number of nitrogens with zero attached hydrogens (tertiary/aromatic N) is 5. The van der Waals surface area contributed by atoms with Gasteiger partial charge < -0.3 is 19.6 Å². The molecule has 1 saturated heterocycles. The van der Waals surface area contributed by atoms with E-state index in [9.17, 15) is 22.6 Å². The van der Waals surface area contributed by atoms with E-state index in [0.717, 1.165) is 22.1 Å². The van der Waals surface area contributed by atoms with Gasteiger partial charge in [-0.1, -0.05) is 24.3 Å². The van der Waals surface area contributed by atoms with Crippen LogP contribution in [0.15, 0.2) is 48.5 Å². The Bertz CT molecular complexity index is 1530. The number of hydrogen-bond donors (Lipinski definition) is 1. The molecule has 1 fully saturated rings. The number of carbonyl (C=O) groups is 2. The highest BCUT2D eigenvalue weighted by Crippen LogP contribution is 2.50. The molecule has 10 nitrogen and oxygen atoms in total. The van der Waals surface area contributed by atoms with Crippen LogP contribution < -0.4 is 14.7 Å². The van der Waals surface area contributed by atoms with Crippen LogP contribution in [0.1, 0.15) is 17.3 Å². The summed E-state index contributed by atoms with van der Waals surface area (Å²) in [6, 6.07) is 15.0. The maximum atomic E-state index is 13.5. The van der Waals surface area contributed by atoms with E-state index in [-0.39, 0.29) is 11.5 Å². The summed E-state index contributed by atoms with van der Waals surface area (Å²) in [6.45, 7) is 3.88. The summed E-state index contributed by atoms with van der Waals surface area (Å²) in [4.78, 5) is 37.3. The third-order valence-electron chi connectivity index (χ3n) is 7.40. The Hall–Kier alpha value is -3.70. The second-order valence-electron chi connectivity index (χ2n) is 9.42. The molecule has 0 radical (unpaired) electrons. The van der Waals surface area contributed by atoms with Crippen LogP contribution in [0.3, 0.4) is 0 Å². The fourth-order valence-corrected chi connectivity index (χ4v) is 6.56. The standard InChI is InChI=1S/C25H25N5O5S/c1-15(31)28-9-11-29(12-10-28)21-8-7-18-22(32)23(36(33,34)35)25-27(2)19-13-16-5-3-4-6-17(16)14-20(19)30(25)24(18)26-21/h3-8,13-14,23,25H,9-12H2,1-2H3,(H,33,34,35). The molecular formula is C25H25N5O5S. The van der Waals surface area contributed by atoms with Gasteiger partial charge in [0.25, 0.3) is 10.1 Å². The summed E-state index contributed by atoms with van der Waals surface area (Å²) >= 11 is 0. The zero-order valence-corrected chi connectivity index (χ0v) is 20.6. The van der Waals surface area contributed by atoms with Crippen molar-refractivity contribution in [2.75, 3.05) is 47.9 Å². The summed E-state index contributed by atoms with van der Waals surface area (Å²) < 4.78 is 35.1. The normalized spacial score (nSPS) is 21.5. The molecule has 3 aliphatic heterocycles. The molecular weight excluding hydrogens is 482 g/mol. The minimum Gasteiger partial charge on any atom is -0.353 e. The third kappa shape index (κ3) is 3.34. The predicted molar refractivity (Wildman–Crippen MR) is 137 cm³/mol. The highest BCUT2D eigenvalue weighted by Gasteiger charge is 2.54. The Morgan fingerprint density at radius 1 is 1.00 bits per heavy atom. The number of pyridine rings is 1. The first-order valence-corrected chi connectivity index (χ1v) is 13.2. The van der Waals surface area contributed by atoms with Gasteiger partial charge in [0.15, 0.2) is 11.0 Å². The number of ketones is 1. The van der Waals surface area contributed by atoms with Gasteiger partial charge >= 0.3 is 0 Å². The van der Waals surface area contributed by atoms with E-state index in [1.54, 1.807) is 40.8 Å². The number of anilines is 4. The highest BCUT2D eigenvalue weighted by atomic mass is 32.2. The van der Waals surface area contributed by atoms with E-state index in [2.05, 4.69) is 4.90 Å². The minimum absolute atomic E-state index is 0.0293. The Kier molecular flexibility index (Phi) is 4.99. The van der Waals surface area contributed by atoms with Gasteiger partial charge in [-0.15, -0.1) is 0 Å². The summed E-state index contributed by atoms with van der Waals surface area (Å²) in [5, 5.41) is 0.254. The SMILES string of the molecule is CC(=O)N1CCN(c2ccc3c(n2)N2c4cc5ccccc5cc4N(C)C2C(S(=O)(=O)O)C3=O)CC1. The molecule has 186 valence electrons. The molecule has 0 aliphatic carbocycles. The number of piperazine rings is 1.